The fourth-order valence-electron chi connectivity index (χ4n) is 2.42. The van der Waals surface area contributed by atoms with Gasteiger partial charge in [0.05, 0.1) is 5.69 Å². The summed E-state index contributed by atoms with van der Waals surface area (Å²) in [6.07, 6.45) is 5.44. The number of aromatic nitrogens is 1. The van der Waals surface area contributed by atoms with Gasteiger partial charge in [-0.3, -0.25) is 0 Å². The molecule has 1 fully saturated rings. The normalized spacial score (nSPS) is 29.1. The van der Waals surface area contributed by atoms with Gasteiger partial charge in [0.15, 0.2) is 5.15 Å². The number of nitrogens with zero attached hydrogens (tertiary/aromatic N) is 1. The lowest BCUT2D eigenvalue weighted by molar-refractivity contribution is 0.261. The van der Waals surface area contributed by atoms with E-state index in [1.54, 1.807) is 6.20 Å². The standard InChI is InChI=1S/C13H18BrClN2/c1-8-3-4-11(5-9(8)2)17-12-6-10(14)7-16-13(12)15/h6-9,11,17H,3-5H2,1-2H3. The van der Waals surface area contributed by atoms with E-state index < -0.39 is 0 Å². The average molecular weight is 318 g/mol. The molecule has 0 bridgehead atoms. The first-order valence-electron chi connectivity index (χ1n) is 6.14. The molecule has 1 aliphatic rings. The van der Waals surface area contributed by atoms with Gasteiger partial charge in [-0.1, -0.05) is 25.4 Å². The summed E-state index contributed by atoms with van der Waals surface area (Å²) in [5.74, 6) is 1.62. The molecule has 3 atom stereocenters. The molecule has 0 saturated heterocycles. The number of anilines is 1. The molecular weight excluding hydrogens is 300 g/mol. The third-order valence-electron chi connectivity index (χ3n) is 3.76. The van der Waals surface area contributed by atoms with Gasteiger partial charge >= 0.3 is 0 Å². The van der Waals surface area contributed by atoms with E-state index in [1.807, 2.05) is 6.07 Å². The number of nitrogens with one attached hydrogen (secondary N) is 1. The molecule has 4 heteroatoms. The van der Waals surface area contributed by atoms with E-state index in [1.165, 1.54) is 19.3 Å². The molecule has 0 aliphatic heterocycles. The Labute approximate surface area is 116 Å². The van der Waals surface area contributed by atoms with Crippen LogP contribution in [-0.2, 0) is 0 Å². The van der Waals surface area contributed by atoms with Crippen molar-refractivity contribution >= 4 is 33.2 Å². The third kappa shape index (κ3) is 3.35. The van der Waals surface area contributed by atoms with Gasteiger partial charge in [-0.25, -0.2) is 4.98 Å². The van der Waals surface area contributed by atoms with Crippen LogP contribution in [0.4, 0.5) is 5.69 Å². The minimum atomic E-state index is 0.523. The predicted molar refractivity (Wildman–Crippen MR) is 76.5 cm³/mol. The molecular formula is C13H18BrClN2. The maximum Gasteiger partial charge on any atom is 0.152 e. The lowest BCUT2D eigenvalue weighted by atomic mass is 9.79. The summed E-state index contributed by atoms with van der Waals surface area (Å²) in [4.78, 5) is 4.13. The first-order chi connectivity index (χ1) is 8.06. The van der Waals surface area contributed by atoms with E-state index in [2.05, 4.69) is 40.1 Å². The van der Waals surface area contributed by atoms with E-state index in [9.17, 15) is 0 Å². The first-order valence-corrected chi connectivity index (χ1v) is 7.31. The molecule has 1 aromatic rings. The number of pyridine rings is 1. The molecule has 94 valence electrons. The Morgan fingerprint density at radius 3 is 2.82 bits per heavy atom. The maximum absolute atomic E-state index is 6.09. The Kier molecular flexibility index (Phi) is 4.31. The molecule has 3 unspecified atom stereocenters. The summed E-state index contributed by atoms with van der Waals surface area (Å²) in [5, 5.41) is 4.07. The summed E-state index contributed by atoms with van der Waals surface area (Å²) in [6.45, 7) is 4.67. The molecule has 1 N–H and O–H groups in total. The molecule has 1 heterocycles. The first kappa shape index (κ1) is 13.2. The minimum absolute atomic E-state index is 0.523. The van der Waals surface area contributed by atoms with Gasteiger partial charge in [0.1, 0.15) is 0 Å². The molecule has 2 rings (SSSR count). The molecule has 17 heavy (non-hydrogen) atoms. The van der Waals surface area contributed by atoms with Crippen molar-refractivity contribution in [3.63, 3.8) is 0 Å². The zero-order valence-electron chi connectivity index (χ0n) is 10.2. The summed E-state index contributed by atoms with van der Waals surface area (Å²) in [7, 11) is 0. The van der Waals surface area contributed by atoms with Crippen LogP contribution in [-0.4, -0.2) is 11.0 Å². The number of halogens is 2. The van der Waals surface area contributed by atoms with Crippen molar-refractivity contribution in [2.24, 2.45) is 11.8 Å². The van der Waals surface area contributed by atoms with Gasteiger partial charge in [0.2, 0.25) is 0 Å². The monoisotopic (exact) mass is 316 g/mol. The van der Waals surface area contributed by atoms with Crippen molar-refractivity contribution in [1.29, 1.82) is 0 Å². The van der Waals surface area contributed by atoms with Crippen LogP contribution in [0, 0.1) is 11.8 Å². The second-order valence-corrected chi connectivity index (χ2v) is 6.37. The molecule has 1 aromatic heterocycles. The van der Waals surface area contributed by atoms with Gasteiger partial charge in [-0.2, -0.15) is 0 Å². The van der Waals surface area contributed by atoms with E-state index in [-0.39, 0.29) is 0 Å². The Hall–Kier alpha value is -0.280. The molecule has 0 amide bonds. The number of rotatable bonds is 2. The van der Waals surface area contributed by atoms with Crippen molar-refractivity contribution in [1.82, 2.24) is 4.98 Å². The quantitative estimate of drug-likeness (QED) is 0.797. The second-order valence-electron chi connectivity index (χ2n) is 5.10. The molecule has 0 radical (unpaired) electrons. The summed E-state index contributed by atoms with van der Waals surface area (Å²) >= 11 is 9.51. The number of hydrogen-bond donors (Lipinski definition) is 1. The largest absolute Gasteiger partial charge is 0.380 e. The van der Waals surface area contributed by atoms with Gasteiger partial charge < -0.3 is 5.32 Å². The zero-order valence-corrected chi connectivity index (χ0v) is 12.6. The fraction of sp³-hybridized carbons (Fsp3) is 0.615. The highest BCUT2D eigenvalue weighted by Crippen LogP contribution is 2.32. The van der Waals surface area contributed by atoms with Crippen LogP contribution in [0.25, 0.3) is 0 Å². The van der Waals surface area contributed by atoms with E-state index in [4.69, 9.17) is 11.6 Å². The van der Waals surface area contributed by atoms with Crippen LogP contribution in [0.15, 0.2) is 16.7 Å². The predicted octanol–water partition coefficient (Wildman–Crippen LogP) is 4.73. The Balaban J connectivity index is 2.03. The second kappa shape index (κ2) is 5.57. The van der Waals surface area contributed by atoms with Crippen molar-refractivity contribution in [3.05, 3.63) is 21.9 Å². The molecule has 0 aromatic carbocycles. The SMILES string of the molecule is CC1CCC(Nc2cc(Br)cnc2Cl)CC1C. The van der Waals surface area contributed by atoms with Crippen LogP contribution in [0.3, 0.4) is 0 Å². The van der Waals surface area contributed by atoms with E-state index >= 15 is 0 Å². The highest BCUT2D eigenvalue weighted by Gasteiger charge is 2.24. The van der Waals surface area contributed by atoms with Gasteiger partial charge in [-0.05, 0) is 53.1 Å². The minimum Gasteiger partial charge on any atom is -0.380 e. The summed E-state index contributed by atoms with van der Waals surface area (Å²) < 4.78 is 0.960. The lowest BCUT2D eigenvalue weighted by Gasteiger charge is -2.33. The van der Waals surface area contributed by atoms with Crippen molar-refractivity contribution in [2.75, 3.05) is 5.32 Å². The third-order valence-corrected chi connectivity index (χ3v) is 4.50. The van der Waals surface area contributed by atoms with Crippen LogP contribution >= 0.6 is 27.5 Å². The smallest absolute Gasteiger partial charge is 0.152 e. The summed E-state index contributed by atoms with van der Waals surface area (Å²) in [6, 6.07) is 2.52. The van der Waals surface area contributed by atoms with Crippen molar-refractivity contribution in [2.45, 2.75) is 39.2 Å². The van der Waals surface area contributed by atoms with Gasteiger partial charge in [0, 0.05) is 16.7 Å². The fourth-order valence-corrected chi connectivity index (χ4v) is 2.91. The molecule has 1 saturated carbocycles. The van der Waals surface area contributed by atoms with Crippen LogP contribution in [0.2, 0.25) is 5.15 Å². The Bertz CT molecular complexity index is 397. The van der Waals surface area contributed by atoms with Crippen molar-refractivity contribution in [3.8, 4) is 0 Å². The van der Waals surface area contributed by atoms with Gasteiger partial charge in [-0.15, -0.1) is 0 Å². The topological polar surface area (TPSA) is 24.9 Å². The Morgan fingerprint density at radius 2 is 2.12 bits per heavy atom. The number of hydrogen-bond acceptors (Lipinski definition) is 2. The van der Waals surface area contributed by atoms with E-state index in [0.717, 1.165) is 22.0 Å². The van der Waals surface area contributed by atoms with Crippen molar-refractivity contribution < 1.29 is 0 Å². The van der Waals surface area contributed by atoms with Crippen LogP contribution in [0.5, 0.6) is 0 Å². The highest BCUT2D eigenvalue weighted by molar-refractivity contribution is 9.10. The average Bonchev–Trinajstić information content (AvgIpc) is 2.29. The molecule has 1 aliphatic carbocycles. The molecule has 0 spiro atoms. The zero-order chi connectivity index (χ0) is 12.4. The van der Waals surface area contributed by atoms with Gasteiger partial charge in [0.25, 0.3) is 0 Å². The maximum atomic E-state index is 6.09. The van der Waals surface area contributed by atoms with Crippen LogP contribution < -0.4 is 5.32 Å². The summed E-state index contributed by atoms with van der Waals surface area (Å²) in [5.41, 5.74) is 0.938. The van der Waals surface area contributed by atoms with E-state index in [0.29, 0.717) is 11.2 Å². The highest BCUT2D eigenvalue weighted by atomic mass is 79.9. The Morgan fingerprint density at radius 1 is 1.35 bits per heavy atom. The lowest BCUT2D eigenvalue weighted by Crippen LogP contribution is -2.30. The van der Waals surface area contributed by atoms with Crippen LogP contribution in [0.1, 0.15) is 33.1 Å². The molecule has 2 nitrogen and oxygen atoms in total.